The van der Waals surface area contributed by atoms with Gasteiger partial charge in [0.15, 0.2) is 0 Å². The summed E-state index contributed by atoms with van der Waals surface area (Å²) in [5, 5.41) is 7.97. The maximum absolute atomic E-state index is 12.7. The average Bonchev–Trinajstić information content (AvgIpc) is 3.25. The largest absolute Gasteiger partial charge is 0.411 e. The van der Waals surface area contributed by atoms with E-state index in [1.807, 2.05) is 47.0 Å². The summed E-state index contributed by atoms with van der Waals surface area (Å²) < 4.78 is 42.7. The fourth-order valence-electron chi connectivity index (χ4n) is 4.30. The SMILES string of the molecule is Cc1ccc(C(=O)N2CCC(Cn3cc4cc(C(=O)NCCOCC(F)(F)F)ccc4n3)CC2)cc1. The Morgan fingerprint density at radius 2 is 1.78 bits per heavy atom. The van der Waals surface area contributed by atoms with Crippen LogP contribution in [0.25, 0.3) is 10.9 Å². The van der Waals surface area contributed by atoms with E-state index < -0.39 is 12.8 Å². The number of aryl methyl sites for hydroxylation is 1. The van der Waals surface area contributed by atoms with Gasteiger partial charge in [0.2, 0.25) is 0 Å². The lowest BCUT2D eigenvalue weighted by atomic mass is 9.96. The lowest BCUT2D eigenvalue weighted by Crippen LogP contribution is -2.39. The molecule has 0 bridgehead atoms. The standard InChI is InChI=1S/C26H29F3N4O3/c1-18-2-4-20(5-3-18)25(35)32-11-8-19(9-12-32)15-33-16-22-14-21(6-7-23(22)31-33)24(34)30-10-13-36-17-26(27,28)29/h2-7,14,16,19H,8-13,15,17H2,1H3,(H,30,34). The number of halogens is 3. The minimum absolute atomic E-state index is 0.0165. The van der Waals surface area contributed by atoms with Gasteiger partial charge < -0.3 is 15.0 Å². The van der Waals surface area contributed by atoms with E-state index in [-0.39, 0.29) is 25.0 Å². The van der Waals surface area contributed by atoms with E-state index in [9.17, 15) is 22.8 Å². The van der Waals surface area contributed by atoms with Crippen LogP contribution in [0.4, 0.5) is 13.2 Å². The average molecular weight is 503 g/mol. The van der Waals surface area contributed by atoms with Crippen LogP contribution in [0.3, 0.4) is 0 Å². The highest BCUT2D eigenvalue weighted by atomic mass is 19.4. The molecule has 36 heavy (non-hydrogen) atoms. The number of hydrogen-bond acceptors (Lipinski definition) is 4. The fraction of sp³-hybridized carbons (Fsp3) is 0.423. The summed E-state index contributed by atoms with van der Waals surface area (Å²) in [7, 11) is 0. The predicted octanol–water partition coefficient (Wildman–Crippen LogP) is 4.21. The Kier molecular flexibility index (Phi) is 7.93. The number of hydrogen-bond donors (Lipinski definition) is 1. The number of aromatic nitrogens is 2. The van der Waals surface area contributed by atoms with Crippen molar-refractivity contribution in [1.82, 2.24) is 20.0 Å². The number of piperidine rings is 1. The molecule has 7 nitrogen and oxygen atoms in total. The zero-order valence-electron chi connectivity index (χ0n) is 20.1. The minimum Gasteiger partial charge on any atom is -0.370 e. The molecular formula is C26H29F3N4O3. The smallest absolute Gasteiger partial charge is 0.370 e. The van der Waals surface area contributed by atoms with Gasteiger partial charge in [-0.3, -0.25) is 14.3 Å². The molecule has 1 saturated heterocycles. The van der Waals surface area contributed by atoms with Crippen LogP contribution in [-0.4, -0.2) is 65.5 Å². The second-order valence-corrected chi connectivity index (χ2v) is 9.15. The number of carbonyl (C=O) groups is 2. The third-order valence-electron chi connectivity index (χ3n) is 6.26. The van der Waals surface area contributed by atoms with Crippen molar-refractivity contribution < 1.29 is 27.5 Å². The summed E-state index contributed by atoms with van der Waals surface area (Å²) in [6, 6.07) is 12.7. The van der Waals surface area contributed by atoms with E-state index in [0.717, 1.165) is 35.9 Å². The molecule has 1 aliphatic rings. The van der Waals surface area contributed by atoms with Crippen molar-refractivity contribution in [2.75, 3.05) is 32.8 Å². The van der Waals surface area contributed by atoms with Gasteiger partial charge >= 0.3 is 6.18 Å². The van der Waals surface area contributed by atoms with Gasteiger partial charge in [-0.15, -0.1) is 0 Å². The molecule has 0 unspecified atom stereocenters. The van der Waals surface area contributed by atoms with Crippen LogP contribution in [-0.2, 0) is 11.3 Å². The van der Waals surface area contributed by atoms with Crippen LogP contribution < -0.4 is 5.32 Å². The fourth-order valence-corrected chi connectivity index (χ4v) is 4.30. The number of amides is 2. The monoisotopic (exact) mass is 502 g/mol. The van der Waals surface area contributed by atoms with E-state index in [1.54, 1.807) is 18.2 Å². The van der Waals surface area contributed by atoms with Crippen molar-refractivity contribution in [1.29, 1.82) is 0 Å². The Morgan fingerprint density at radius 1 is 1.08 bits per heavy atom. The zero-order valence-corrected chi connectivity index (χ0v) is 20.1. The van der Waals surface area contributed by atoms with E-state index in [0.29, 0.717) is 30.1 Å². The Labute approximate surface area is 207 Å². The molecule has 0 atom stereocenters. The number of fused-ring (bicyclic) bond motifs is 1. The maximum atomic E-state index is 12.7. The molecule has 0 radical (unpaired) electrons. The number of rotatable bonds is 8. The molecule has 1 fully saturated rings. The number of nitrogens with one attached hydrogen (secondary N) is 1. The van der Waals surface area contributed by atoms with Crippen molar-refractivity contribution in [3.8, 4) is 0 Å². The summed E-state index contributed by atoms with van der Waals surface area (Å²) in [5.74, 6) is 0.0720. The lowest BCUT2D eigenvalue weighted by Gasteiger charge is -2.32. The molecule has 2 heterocycles. The van der Waals surface area contributed by atoms with Crippen LogP contribution >= 0.6 is 0 Å². The van der Waals surface area contributed by atoms with Crippen molar-refractivity contribution in [3.05, 3.63) is 65.4 Å². The van der Waals surface area contributed by atoms with E-state index >= 15 is 0 Å². The first-order valence-corrected chi connectivity index (χ1v) is 11.9. The lowest BCUT2D eigenvalue weighted by molar-refractivity contribution is -0.173. The zero-order chi connectivity index (χ0) is 25.7. The first kappa shape index (κ1) is 25.7. The Balaban J connectivity index is 1.27. The Hall–Kier alpha value is -3.40. The van der Waals surface area contributed by atoms with Crippen LogP contribution in [0.1, 0.15) is 39.1 Å². The topological polar surface area (TPSA) is 76.5 Å². The first-order valence-electron chi connectivity index (χ1n) is 11.9. The van der Waals surface area contributed by atoms with Gasteiger partial charge in [-0.25, -0.2) is 0 Å². The molecule has 192 valence electrons. The second kappa shape index (κ2) is 11.1. The first-order chi connectivity index (χ1) is 17.2. The van der Waals surface area contributed by atoms with Crippen molar-refractivity contribution in [3.63, 3.8) is 0 Å². The van der Waals surface area contributed by atoms with Crippen molar-refractivity contribution >= 4 is 22.7 Å². The second-order valence-electron chi connectivity index (χ2n) is 9.15. The van der Waals surface area contributed by atoms with Crippen LogP contribution in [0.5, 0.6) is 0 Å². The molecular weight excluding hydrogens is 473 g/mol. The Bertz CT molecular complexity index is 1200. The number of carbonyl (C=O) groups excluding carboxylic acids is 2. The number of nitrogens with zero attached hydrogens (tertiary/aromatic N) is 3. The molecule has 0 spiro atoms. The van der Waals surface area contributed by atoms with Gasteiger partial charge in [-0.1, -0.05) is 17.7 Å². The van der Waals surface area contributed by atoms with Crippen LogP contribution in [0, 0.1) is 12.8 Å². The molecule has 0 aliphatic carbocycles. The molecule has 2 amide bonds. The van der Waals surface area contributed by atoms with Gasteiger partial charge in [0, 0.05) is 48.9 Å². The summed E-state index contributed by atoms with van der Waals surface area (Å²) in [4.78, 5) is 27.0. The minimum atomic E-state index is -4.38. The van der Waals surface area contributed by atoms with Crippen LogP contribution in [0.15, 0.2) is 48.7 Å². The normalized spacial score (nSPS) is 14.8. The van der Waals surface area contributed by atoms with Crippen molar-refractivity contribution in [2.45, 2.75) is 32.5 Å². The third-order valence-corrected chi connectivity index (χ3v) is 6.26. The third kappa shape index (κ3) is 6.84. The number of alkyl halides is 3. The highest BCUT2D eigenvalue weighted by Gasteiger charge is 2.27. The number of benzene rings is 2. The molecule has 3 aromatic rings. The molecule has 4 rings (SSSR count). The van der Waals surface area contributed by atoms with Gasteiger partial charge in [-0.05, 0) is 56.0 Å². The molecule has 1 aliphatic heterocycles. The van der Waals surface area contributed by atoms with Gasteiger partial charge in [0.1, 0.15) is 6.61 Å². The van der Waals surface area contributed by atoms with Crippen LogP contribution in [0.2, 0.25) is 0 Å². The molecule has 10 heteroatoms. The highest BCUT2D eigenvalue weighted by Crippen LogP contribution is 2.22. The molecule has 1 aromatic heterocycles. The van der Waals surface area contributed by atoms with E-state index in [4.69, 9.17) is 0 Å². The highest BCUT2D eigenvalue weighted by molar-refractivity contribution is 5.97. The summed E-state index contributed by atoms with van der Waals surface area (Å²) in [6.07, 6.45) is -0.719. The molecule has 2 aromatic carbocycles. The quantitative estimate of drug-likeness (QED) is 0.469. The number of ether oxygens (including phenoxy) is 1. The van der Waals surface area contributed by atoms with Gasteiger partial charge in [-0.2, -0.15) is 18.3 Å². The van der Waals surface area contributed by atoms with Gasteiger partial charge in [0.05, 0.1) is 12.1 Å². The summed E-state index contributed by atoms with van der Waals surface area (Å²) in [6.45, 7) is 2.55. The summed E-state index contributed by atoms with van der Waals surface area (Å²) in [5.41, 5.74) is 3.00. The maximum Gasteiger partial charge on any atom is 0.411 e. The summed E-state index contributed by atoms with van der Waals surface area (Å²) >= 11 is 0. The van der Waals surface area contributed by atoms with Crippen molar-refractivity contribution in [2.24, 2.45) is 5.92 Å². The Morgan fingerprint density at radius 3 is 2.47 bits per heavy atom. The van der Waals surface area contributed by atoms with Gasteiger partial charge in [0.25, 0.3) is 11.8 Å². The molecule has 0 saturated carbocycles. The van der Waals surface area contributed by atoms with E-state index in [2.05, 4.69) is 15.2 Å². The number of likely N-dealkylation sites (tertiary alicyclic amines) is 1. The van der Waals surface area contributed by atoms with E-state index in [1.165, 1.54) is 0 Å². The predicted molar refractivity (Wildman–Crippen MR) is 129 cm³/mol. The molecule has 1 N–H and O–H groups in total.